The number of hydrogen-bond donors (Lipinski definition) is 2. The van der Waals surface area contributed by atoms with Crippen molar-refractivity contribution in [3.05, 3.63) is 0 Å². The van der Waals surface area contributed by atoms with Crippen LogP contribution in [-0.2, 0) is 19.1 Å². The molecule has 0 aliphatic heterocycles. The van der Waals surface area contributed by atoms with Crippen molar-refractivity contribution in [2.45, 2.75) is 115 Å². The lowest BCUT2D eigenvalue weighted by Gasteiger charge is -2.38. The van der Waals surface area contributed by atoms with Gasteiger partial charge in [-0.1, -0.05) is 12.8 Å². The lowest BCUT2D eigenvalue weighted by atomic mass is 9.77. The molecule has 2 fully saturated rings. The predicted molar refractivity (Wildman–Crippen MR) is 106 cm³/mol. The topological polar surface area (TPSA) is 93.1 Å². The number of carbonyl (C=O) groups is 2. The first kappa shape index (κ1) is 23.1. The summed E-state index contributed by atoms with van der Waals surface area (Å²) in [6, 6.07) is 0. The molecular formula is C22H38O6. The summed E-state index contributed by atoms with van der Waals surface area (Å²) in [6.07, 6.45) is 5.95. The zero-order valence-corrected chi connectivity index (χ0v) is 17.9. The van der Waals surface area contributed by atoms with Gasteiger partial charge in [0.1, 0.15) is 11.2 Å². The van der Waals surface area contributed by atoms with E-state index in [9.17, 15) is 19.8 Å². The molecule has 0 aromatic carbocycles. The van der Waals surface area contributed by atoms with Gasteiger partial charge in [-0.2, -0.15) is 0 Å². The number of hydrogen-bond acceptors (Lipinski definition) is 6. The molecule has 2 N–H and O–H groups in total. The van der Waals surface area contributed by atoms with E-state index in [0.29, 0.717) is 12.8 Å². The van der Waals surface area contributed by atoms with E-state index in [4.69, 9.17) is 9.47 Å². The summed E-state index contributed by atoms with van der Waals surface area (Å²) < 4.78 is 11.3. The van der Waals surface area contributed by atoms with E-state index in [1.165, 1.54) is 0 Å². The molecule has 0 amide bonds. The maximum atomic E-state index is 12.3. The number of esters is 2. The van der Waals surface area contributed by atoms with E-state index in [2.05, 4.69) is 0 Å². The Morgan fingerprint density at radius 2 is 1.11 bits per heavy atom. The molecule has 0 aromatic rings. The molecule has 2 aliphatic carbocycles. The summed E-state index contributed by atoms with van der Waals surface area (Å²) in [6.45, 7) is 7.51. The molecule has 0 heterocycles. The van der Waals surface area contributed by atoms with E-state index in [1.807, 2.05) is 27.7 Å². The molecule has 2 rings (SSSR count). The van der Waals surface area contributed by atoms with E-state index >= 15 is 0 Å². The van der Waals surface area contributed by atoms with Crippen molar-refractivity contribution in [3.8, 4) is 0 Å². The van der Waals surface area contributed by atoms with E-state index < -0.39 is 23.1 Å². The van der Waals surface area contributed by atoms with Gasteiger partial charge in [-0.3, -0.25) is 9.59 Å². The first-order valence-electron chi connectivity index (χ1n) is 10.8. The normalized spacial score (nSPS) is 29.2. The predicted octanol–water partition coefficient (Wildman–Crippen LogP) is 3.51. The Morgan fingerprint density at radius 1 is 0.750 bits per heavy atom. The highest BCUT2D eigenvalue weighted by atomic mass is 16.6. The Hall–Kier alpha value is -1.14. The fraction of sp³-hybridized carbons (Fsp3) is 0.909. The van der Waals surface area contributed by atoms with Gasteiger partial charge < -0.3 is 19.7 Å². The van der Waals surface area contributed by atoms with Gasteiger partial charge >= 0.3 is 11.9 Å². The molecule has 0 spiro atoms. The van der Waals surface area contributed by atoms with Crippen LogP contribution in [0.3, 0.4) is 0 Å². The fourth-order valence-electron chi connectivity index (χ4n) is 4.65. The zero-order valence-electron chi connectivity index (χ0n) is 17.9. The molecule has 0 radical (unpaired) electrons. The second-order valence-electron chi connectivity index (χ2n) is 9.69. The standard InChI is InChI=1S/C22H38O6/c1-21(2,15-7-5-9-17(23)13-15)27-19(25)11-12-20(26)28-22(3,4)16-8-6-10-18(24)14-16/h15-18,23-24H,5-14H2,1-4H3. The SMILES string of the molecule is CC(C)(OC(=O)CCC(=O)OC(C)(C)C1CCCC(O)C1)C1CCCC(O)C1. The third-order valence-electron chi connectivity index (χ3n) is 6.55. The fourth-order valence-corrected chi connectivity index (χ4v) is 4.65. The Bertz CT molecular complexity index is 493. The first-order chi connectivity index (χ1) is 13.0. The van der Waals surface area contributed by atoms with E-state index in [-0.39, 0.29) is 36.9 Å². The van der Waals surface area contributed by atoms with Crippen LogP contribution in [0.2, 0.25) is 0 Å². The highest BCUT2D eigenvalue weighted by Crippen LogP contribution is 2.36. The number of carbonyl (C=O) groups excluding carboxylic acids is 2. The minimum absolute atomic E-state index is 0.0130. The van der Waals surface area contributed by atoms with Crippen molar-refractivity contribution >= 4 is 11.9 Å². The number of rotatable bonds is 7. The number of aliphatic hydroxyl groups is 2. The quantitative estimate of drug-likeness (QED) is 0.638. The first-order valence-corrected chi connectivity index (χ1v) is 10.8. The van der Waals surface area contributed by atoms with Crippen LogP contribution in [0.15, 0.2) is 0 Å². The average molecular weight is 399 g/mol. The third kappa shape index (κ3) is 6.73. The number of aliphatic hydroxyl groups excluding tert-OH is 2. The molecule has 0 bridgehead atoms. The largest absolute Gasteiger partial charge is 0.459 e. The third-order valence-corrected chi connectivity index (χ3v) is 6.55. The molecule has 0 aromatic heterocycles. The van der Waals surface area contributed by atoms with Crippen LogP contribution >= 0.6 is 0 Å². The summed E-state index contributed by atoms with van der Waals surface area (Å²) in [5.74, 6) is -0.562. The van der Waals surface area contributed by atoms with Crippen molar-refractivity contribution in [3.63, 3.8) is 0 Å². The van der Waals surface area contributed by atoms with Crippen molar-refractivity contribution in [2.24, 2.45) is 11.8 Å². The Labute approximate surface area is 169 Å². The van der Waals surface area contributed by atoms with Gasteiger partial charge in [0.2, 0.25) is 0 Å². The van der Waals surface area contributed by atoms with Crippen LogP contribution in [-0.4, -0.2) is 45.6 Å². The Morgan fingerprint density at radius 3 is 1.43 bits per heavy atom. The van der Waals surface area contributed by atoms with Gasteiger partial charge in [-0.15, -0.1) is 0 Å². The smallest absolute Gasteiger partial charge is 0.306 e. The molecule has 4 atom stereocenters. The van der Waals surface area contributed by atoms with Crippen LogP contribution in [0.1, 0.15) is 91.9 Å². The van der Waals surface area contributed by atoms with Crippen molar-refractivity contribution in [2.75, 3.05) is 0 Å². The lowest BCUT2D eigenvalue weighted by molar-refractivity contribution is -0.171. The zero-order chi connectivity index (χ0) is 20.9. The average Bonchev–Trinajstić information content (AvgIpc) is 2.59. The summed E-state index contributed by atoms with van der Waals surface area (Å²) in [5, 5.41) is 19.7. The van der Waals surface area contributed by atoms with Gasteiger partial charge in [0, 0.05) is 11.8 Å². The van der Waals surface area contributed by atoms with Gasteiger partial charge in [0.15, 0.2) is 0 Å². The second-order valence-corrected chi connectivity index (χ2v) is 9.69. The minimum Gasteiger partial charge on any atom is -0.459 e. The molecule has 0 saturated heterocycles. The molecular weight excluding hydrogens is 360 g/mol. The minimum atomic E-state index is -0.653. The summed E-state index contributed by atoms with van der Waals surface area (Å²) in [4.78, 5) is 24.5. The Kier molecular flexibility index (Phi) is 7.91. The van der Waals surface area contributed by atoms with Crippen molar-refractivity contribution < 1.29 is 29.3 Å². The van der Waals surface area contributed by atoms with Gasteiger partial charge in [0.05, 0.1) is 25.0 Å². The number of ether oxygens (including phenoxy) is 2. The molecule has 162 valence electrons. The van der Waals surface area contributed by atoms with Gasteiger partial charge in [0.25, 0.3) is 0 Å². The molecule has 2 aliphatic rings. The van der Waals surface area contributed by atoms with Crippen molar-refractivity contribution in [1.82, 2.24) is 0 Å². The summed E-state index contributed by atoms with van der Waals surface area (Å²) in [5.41, 5.74) is -1.31. The van der Waals surface area contributed by atoms with Gasteiger partial charge in [-0.25, -0.2) is 0 Å². The maximum Gasteiger partial charge on any atom is 0.306 e. The molecule has 4 unspecified atom stereocenters. The van der Waals surface area contributed by atoms with Crippen LogP contribution in [0.5, 0.6) is 0 Å². The second kappa shape index (κ2) is 9.57. The van der Waals surface area contributed by atoms with Crippen LogP contribution < -0.4 is 0 Å². The molecule has 28 heavy (non-hydrogen) atoms. The van der Waals surface area contributed by atoms with E-state index in [0.717, 1.165) is 38.5 Å². The highest BCUT2D eigenvalue weighted by Gasteiger charge is 2.38. The van der Waals surface area contributed by atoms with Crippen molar-refractivity contribution in [1.29, 1.82) is 0 Å². The van der Waals surface area contributed by atoms with E-state index in [1.54, 1.807) is 0 Å². The molecule has 6 nitrogen and oxygen atoms in total. The monoisotopic (exact) mass is 398 g/mol. The highest BCUT2D eigenvalue weighted by molar-refractivity contribution is 5.78. The lowest BCUT2D eigenvalue weighted by Crippen LogP contribution is -2.41. The maximum absolute atomic E-state index is 12.3. The van der Waals surface area contributed by atoms with Gasteiger partial charge in [-0.05, 0) is 66.2 Å². The summed E-state index contributed by atoms with van der Waals surface area (Å²) >= 11 is 0. The molecule has 2 saturated carbocycles. The summed E-state index contributed by atoms with van der Waals surface area (Å²) in [7, 11) is 0. The van der Waals surface area contributed by atoms with Crippen LogP contribution in [0, 0.1) is 11.8 Å². The Balaban J connectivity index is 1.77. The van der Waals surface area contributed by atoms with Crippen LogP contribution in [0.25, 0.3) is 0 Å². The molecule has 6 heteroatoms. The van der Waals surface area contributed by atoms with Crippen LogP contribution in [0.4, 0.5) is 0 Å².